The fourth-order valence-corrected chi connectivity index (χ4v) is 3.36. The molecule has 0 radical (unpaired) electrons. The van der Waals surface area contributed by atoms with Crippen LogP contribution < -0.4 is 9.47 Å². The van der Waals surface area contributed by atoms with Crippen molar-refractivity contribution in [1.29, 1.82) is 0 Å². The maximum absolute atomic E-state index is 12.8. The zero-order chi connectivity index (χ0) is 18.1. The molecule has 0 spiro atoms. The lowest BCUT2D eigenvalue weighted by molar-refractivity contribution is 0.0649. The van der Waals surface area contributed by atoms with Gasteiger partial charge < -0.3 is 14.2 Å². The highest BCUT2D eigenvalue weighted by Crippen LogP contribution is 2.43. The normalized spacial score (nSPS) is 17.6. The Morgan fingerprint density at radius 3 is 2.81 bits per heavy atom. The minimum absolute atomic E-state index is 0.0798. The zero-order valence-corrected chi connectivity index (χ0v) is 15.0. The van der Waals surface area contributed by atoms with Gasteiger partial charge >= 0.3 is 0 Å². The lowest BCUT2D eigenvalue weighted by atomic mass is 10.00. The molecule has 2 aromatic rings. The van der Waals surface area contributed by atoms with Gasteiger partial charge in [0.25, 0.3) is 0 Å². The van der Waals surface area contributed by atoms with Crippen LogP contribution in [0.3, 0.4) is 0 Å². The van der Waals surface area contributed by atoms with Gasteiger partial charge in [0.05, 0.1) is 12.2 Å². The third-order valence-corrected chi connectivity index (χ3v) is 4.71. The second-order valence-electron chi connectivity index (χ2n) is 6.54. The molecule has 2 heterocycles. The van der Waals surface area contributed by atoms with E-state index in [-0.39, 0.29) is 5.78 Å². The van der Waals surface area contributed by atoms with Gasteiger partial charge in [0.1, 0.15) is 18.2 Å². The molecule has 4 rings (SSSR count). The molecule has 0 N–H and O–H groups in total. The molecule has 0 atom stereocenters. The smallest absolute Gasteiger partial charge is 0.231 e. The van der Waals surface area contributed by atoms with Crippen LogP contribution in [0.1, 0.15) is 27.0 Å². The molecule has 0 fully saturated rings. The molecule has 2 aliphatic heterocycles. The highest BCUT2D eigenvalue weighted by atomic mass is 16.5. The van der Waals surface area contributed by atoms with Crippen molar-refractivity contribution >= 4 is 11.9 Å². The van der Waals surface area contributed by atoms with Gasteiger partial charge in [-0.05, 0) is 24.6 Å². The van der Waals surface area contributed by atoms with Gasteiger partial charge in [0, 0.05) is 31.3 Å². The Hall–Kier alpha value is -2.63. The van der Waals surface area contributed by atoms with Gasteiger partial charge in [-0.1, -0.05) is 30.3 Å². The van der Waals surface area contributed by atoms with E-state index in [4.69, 9.17) is 14.2 Å². The summed E-state index contributed by atoms with van der Waals surface area (Å²) < 4.78 is 17.0. The lowest BCUT2D eigenvalue weighted by Gasteiger charge is -2.30. The van der Waals surface area contributed by atoms with Gasteiger partial charge in [0.15, 0.2) is 5.76 Å². The molecule has 0 amide bonds. The molecule has 5 nitrogen and oxygen atoms in total. The number of nitrogens with zero attached hydrogens (tertiary/aromatic N) is 1. The van der Waals surface area contributed by atoms with Crippen LogP contribution in [0.25, 0.3) is 6.08 Å². The number of carbonyl (C=O) groups is 1. The Bertz CT molecular complexity index is 873. The van der Waals surface area contributed by atoms with Gasteiger partial charge in [-0.15, -0.1) is 0 Å². The first kappa shape index (κ1) is 16.8. The molecule has 0 aromatic heterocycles. The largest absolute Gasteiger partial charge is 0.477 e. The lowest BCUT2D eigenvalue weighted by Crippen LogP contribution is -2.34. The Morgan fingerprint density at radius 2 is 2.04 bits per heavy atom. The van der Waals surface area contributed by atoms with E-state index in [1.165, 1.54) is 0 Å². The van der Waals surface area contributed by atoms with E-state index in [1.807, 2.05) is 43.3 Å². The van der Waals surface area contributed by atoms with Crippen molar-refractivity contribution in [3.8, 4) is 11.5 Å². The third kappa shape index (κ3) is 3.00. The number of Topliss-reactive ketones (excluding diaryl/α,β-unsaturated/α-hetero) is 1. The number of hydrogen-bond acceptors (Lipinski definition) is 5. The average Bonchev–Trinajstić information content (AvgIpc) is 2.97. The number of hydrogen-bond donors (Lipinski definition) is 0. The number of ketones is 1. The topological polar surface area (TPSA) is 48.0 Å². The van der Waals surface area contributed by atoms with Crippen molar-refractivity contribution in [2.75, 3.05) is 27.0 Å². The summed E-state index contributed by atoms with van der Waals surface area (Å²) in [6.07, 6.45) is 1.78. The number of benzene rings is 2. The zero-order valence-electron chi connectivity index (χ0n) is 15.0. The monoisotopic (exact) mass is 351 g/mol. The standard InChI is InChI=1S/C21H21NO4/c1-14-20-16(12-22(13-25-20)8-9-24-2)11-17-19(23)18(26-21(14)17)10-15-6-4-3-5-7-15/h3-7,10-11H,8-9,12-13H2,1-2H3/b18-10-. The maximum Gasteiger partial charge on any atom is 0.231 e. The van der Waals surface area contributed by atoms with Crippen molar-refractivity contribution in [3.63, 3.8) is 0 Å². The Kier molecular flexibility index (Phi) is 4.49. The summed E-state index contributed by atoms with van der Waals surface area (Å²) >= 11 is 0. The van der Waals surface area contributed by atoms with E-state index in [0.717, 1.165) is 35.5 Å². The van der Waals surface area contributed by atoms with Gasteiger partial charge in [-0.3, -0.25) is 9.69 Å². The molecule has 2 aromatic carbocycles. The minimum atomic E-state index is -0.0798. The number of fused-ring (bicyclic) bond motifs is 2. The van der Waals surface area contributed by atoms with Gasteiger partial charge in [-0.25, -0.2) is 0 Å². The molecule has 2 aliphatic rings. The van der Waals surface area contributed by atoms with Crippen LogP contribution in [0.5, 0.6) is 11.5 Å². The van der Waals surface area contributed by atoms with E-state index in [2.05, 4.69) is 4.90 Å². The predicted molar refractivity (Wildman–Crippen MR) is 98.3 cm³/mol. The molecular weight excluding hydrogens is 330 g/mol. The summed E-state index contributed by atoms with van der Waals surface area (Å²) in [4.78, 5) is 15.0. The molecule has 0 saturated heterocycles. The fourth-order valence-electron chi connectivity index (χ4n) is 3.36. The Labute approximate surface area is 152 Å². The SMILES string of the molecule is COCCN1COc2c(cc3c(c2C)O/C(=C\c2ccccc2)C3=O)C1. The summed E-state index contributed by atoms with van der Waals surface area (Å²) in [5, 5.41) is 0. The third-order valence-electron chi connectivity index (χ3n) is 4.71. The highest BCUT2D eigenvalue weighted by Gasteiger charge is 2.33. The summed E-state index contributed by atoms with van der Waals surface area (Å²) in [6, 6.07) is 11.6. The second-order valence-corrected chi connectivity index (χ2v) is 6.54. The Morgan fingerprint density at radius 1 is 1.23 bits per heavy atom. The molecule has 134 valence electrons. The van der Waals surface area contributed by atoms with Crippen molar-refractivity contribution in [3.05, 3.63) is 64.4 Å². The molecule has 0 aliphatic carbocycles. The van der Waals surface area contributed by atoms with E-state index >= 15 is 0 Å². The fraction of sp³-hybridized carbons (Fsp3) is 0.286. The number of allylic oxidation sites excluding steroid dienone is 1. The molecule has 5 heteroatoms. The van der Waals surface area contributed by atoms with Crippen LogP contribution in [0.15, 0.2) is 42.2 Å². The Balaban J connectivity index is 1.65. The molecule has 0 bridgehead atoms. The van der Waals surface area contributed by atoms with Crippen LogP contribution in [0.4, 0.5) is 0 Å². The molecule has 0 saturated carbocycles. The van der Waals surface area contributed by atoms with Crippen LogP contribution in [0, 0.1) is 6.92 Å². The van der Waals surface area contributed by atoms with E-state index in [0.29, 0.717) is 30.4 Å². The first-order valence-corrected chi connectivity index (χ1v) is 8.67. The number of methoxy groups -OCH3 is 1. The molecular formula is C21H21NO4. The summed E-state index contributed by atoms with van der Waals surface area (Å²) in [5.74, 6) is 1.71. The van der Waals surface area contributed by atoms with Crippen molar-refractivity contribution in [2.45, 2.75) is 13.5 Å². The first-order valence-electron chi connectivity index (χ1n) is 8.67. The van der Waals surface area contributed by atoms with Crippen LogP contribution in [0.2, 0.25) is 0 Å². The van der Waals surface area contributed by atoms with Gasteiger partial charge in [0.2, 0.25) is 5.78 Å². The highest BCUT2D eigenvalue weighted by molar-refractivity contribution is 6.15. The summed E-state index contributed by atoms with van der Waals surface area (Å²) in [6.45, 7) is 4.62. The van der Waals surface area contributed by atoms with Gasteiger partial charge in [-0.2, -0.15) is 0 Å². The summed E-state index contributed by atoms with van der Waals surface area (Å²) in [5.41, 5.74) is 3.45. The minimum Gasteiger partial charge on any atom is -0.477 e. The van der Waals surface area contributed by atoms with E-state index in [1.54, 1.807) is 13.2 Å². The van der Waals surface area contributed by atoms with Crippen molar-refractivity contribution in [1.82, 2.24) is 4.90 Å². The second kappa shape index (κ2) is 6.94. The van der Waals surface area contributed by atoms with Crippen LogP contribution in [-0.4, -0.2) is 37.7 Å². The maximum atomic E-state index is 12.8. The average molecular weight is 351 g/mol. The number of carbonyl (C=O) groups excluding carboxylic acids is 1. The van der Waals surface area contributed by atoms with Crippen LogP contribution >= 0.6 is 0 Å². The van der Waals surface area contributed by atoms with Crippen molar-refractivity contribution in [2.24, 2.45) is 0 Å². The van der Waals surface area contributed by atoms with Crippen LogP contribution in [-0.2, 0) is 11.3 Å². The molecule has 0 unspecified atom stereocenters. The first-order chi connectivity index (χ1) is 12.7. The molecule has 26 heavy (non-hydrogen) atoms. The van der Waals surface area contributed by atoms with Crippen molar-refractivity contribution < 1.29 is 19.0 Å². The summed E-state index contributed by atoms with van der Waals surface area (Å²) in [7, 11) is 1.69. The number of rotatable bonds is 4. The number of ether oxygens (including phenoxy) is 3. The quantitative estimate of drug-likeness (QED) is 0.790. The predicted octanol–water partition coefficient (Wildman–Crippen LogP) is 3.41. The van der Waals surface area contributed by atoms with E-state index in [9.17, 15) is 4.79 Å². The van der Waals surface area contributed by atoms with E-state index < -0.39 is 0 Å².